The molecule has 0 spiro atoms. The van der Waals surface area contributed by atoms with Gasteiger partial charge in [0.15, 0.2) is 0 Å². The lowest BCUT2D eigenvalue weighted by molar-refractivity contribution is 0.0624. The van der Waals surface area contributed by atoms with Gasteiger partial charge in [0.1, 0.15) is 12.4 Å². The van der Waals surface area contributed by atoms with Crippen LogP contribution in [0.1, 0.15) is 19.4 Å². The Bertz CT molecular complexity index is 559. The second-order valence-electron chi connectivity index (χ2n) is 7.34. The largest absolute Gasteiger partial charge is 0.489 e. The molecule has 2 aliphatic rings. The number of fused-ring (bicyclic) bond motifs is 1. The molecule has 4 heteroatoms. The zero-order valence-corrected chi connectivity index (χ0v) is 14.6. The van der Waals surface area contributed by atoms with E-state index >= 15 is 0 Å². The Labute approximate surface area is 140 Å². The molecule has 0 amide bonds. The minimum Gasteiger partial charge on any atom is -0.489 e. The highest BCUT2D eigenvalue weighted by molar-refractivity contribution is 5.62. The number of nitrogens with one attached hydrogen (secondary N) is 1. The number of rotatable bonds is 5. The molecule has 1 N–H and O–H groups in total. The average Bonchev–Trinajstić information content (AvgIpc) is 2.55. The molecular formula is C19H29N3O. The average molecular weight is 315 g/mol. The number of hydrogen-bond donors (Lipinski definition) is 1. The van der Waals surface area contributed by atoms with E-state index in [2.05, 4.69) is 54.2 Å². The first-order chi connectivity index (χ1) is 11.0. The minimum absolute atomic E-state index is 0.190. The van der Waals surface area contributed by atoms with Gasteiger partial charge in [0, 0.05) is 50.4 Å². The van der Waals surface area contributed by atoms with E-state index in [1.54, 1.807) is 0 Å². The molecule has 0 radical (unpaired) electrons. The Morgan fingerprint density at radius 1 is 1.13 bits per heavy atom. The Kier molecular flexibility index (Phi) is 5.05. The lowest BCUT2D eigenvalue weighted by atomic mass is 10.0. The summed E-state index contributed by atoms with van der Waals surface area (Å²) < 4.78 is 5.82. The van der Waals surface area contributed by atoms with E-state index in [4.69, 9.17) is 4.74 Å². The Morgan fingerprint density at radius 3 is 2.65 bits per heavy atom. The molecule has 2 aliphatic heterocycles. The SMILES string of the molecule is CN1CCN(C(C)(C)CNCC2=Cc3ccccc3OC2)CC1. The third-order valence-electron chi connectivity index (χ3n) is 4.96. The van der Waals surface area contributed by atoms with Crippen molar-refractivity contribution in [1.82, 2.24) is 15.1 Å². The predicted octanol–water partition coefficient (Wildman–Crippen LogP) is 2.08. The summed E-state index contributed by atoms with van der Waals surface area (Å²) in [4.78, 5) is 5.00. The van der Waals surface area contributed by atoms with Crippen molar-refractivity contribution in [3.8, 4) is 5.75 Å². The molecule has 1 aromatic rings. The highest BCUT2D eigenvalue weighted by atomic mass is 16.5. The third-order valence-corrected chi connectivity index (χ3v) is 4.96. The Hall–Kier alpha value is -1.36. The normalized spacial score (nSPS) is 19.9. The summed E-state index contributed by atoms with van der Waals surface area (Å²) >= 11 is 0. The fourth-order valence-corrected chi connectivity index (χ4v) is 3.32. The van der Waals surface area contributed by atoms with Crippen molar-refractivity contribution in [1.29, 1.82) is 0 Å². The molecule has 0 atom stereocenters. The summed E-state index contributed by atoms with van der Waals surface area (Å²) in [5.41, 5.74) is 2.70. The van der Waals surface area contributed by atoms with Gasteiger partial charge >= 0.3 is 0 Å². The van der Waals surface area contributed by atoms with Crippen LogP contribution >= 0.6 is 0 Å². The molecule has 0 aliphatic carbocycles. The van der Waals surface area contributed by atoms with Crippen LogP contribution in [0.2, 0.25) is 0 Å². The van der Waals surface area contributed by atoms with Gasteiger partial charge in [-0.25, -0.2) is 0 Å². The van der Waals surface area contributed by atoms with Gasteiger partial charge in [-0.2, -0.15) is 0 Å². The first-order valence-electron chi connectivity index (χ1n) is 8.60. The molecule has 1 saturated heterocycles. The van der Waals surface area contributed by atoms with Crippen molar-refractivity contribution in [2.45, 2.75) is 19.4 Å². The molecule has 3 rings (SSSR count). The number of benzene rings is 1. The van der Waals surface area contributed by atoms with Crippen LogP contribution in [0, 0.1) is 0 Å². The van der Waals surface area contributed by atoms with Crippen LogP contribution in [0.5, 0.6) is 5.75 Å². The number of likely N-dealkylation sites (N-methyl/N-ethyl adjacent to an activating group) is 1. The number of piperazine rings is 1. The van der Waals surface area contributed by atoms with Crippen LogP contribution in [-0.4, -0.2) is 68.3 Å². The zero-order chi connectivity index (χ0) is 16.3. The van der Waals surface area contributed by atoms with E-state index in [9.17, 15) is 0 Å². The van der Waals surface area contributed by atoms with Crippen LogP contribution in [0.3, 0.4) is 0 Å². The van der Waals surface area contributed by atoms with Crippen molar-refractivity contribution in [2.75, 3.05) is 52.9 Å². The van der Waals surface area contributed by atoms with E-state index in [0.29, 0.717) is 6.61 Å². The van der Waals surface area contributed by atoms with Gasteiger partial charge in [-0.15, -0.1) is 0 Å². The van der Waals surface area contributed by atoms with Gasteiger partial charge in [-0.05, 0) is 38.6 Å². The van der Waals surface area contributed by atoms with Gasteiger partial charge in [-0.3, -0.25) is 4.90 Å². The first-order valence-corrected chi connectivity index (χ1v) is 8.60. The highest BCUT2D eigenvalue weighted by Gasteiger charge is 2.28. The molecule has 4 nitrogen and oxygen atoms in total. The molecule has 0 bridgehead atoms. The molecule has 1 aromatic carbocycles. The van der Waals surface area contributed by atoms with Gasteiger partial charge in [0.05, 0.1) is 0 Å². The first kappa shape index (κ1) is 16.5. The quantitative estimate of drug-likeness (QED) is 0.900. The summed E-state index contributed by atoms with van der Waals surface area (Å²) in [7, 11) is 2.20. The van der Waals surface area contributed by atoms with Gasteiger partial charge in [-0.1, -0.05) is 18.2 Å². The van der Waals surface area contributed by atoms with Gasteiger partial charge < -0.3 is 15.0 Å². The number of hydrogen-bond acceptors (Lipinski definition) is 4. The number of nitrogens with zero attached hydrogens (tertiary/aromatic N) is 2. The van der Waals surface area contributed by atoms with Gasteiger partial charge in [0.2, 0.25) is 0 Å². The molecule has 2 heterocycles. The molecule has 0 saturated carbocycles. The molecule has 0 aromatic heterocycles. The summed E-state index contributed by atoms with van der Waals surface area (Å²) in [6.07, 6.45) is 2.26. The maximum atomic E-state index is 5.82. The summed E-state index contributed by atoms with van der Waals surface area (Å²) in [5, 5.41) is 3.63. The lowest BCUT2D eigenvalue weighted by Gasteiger charge is -2.43. The second kappa shape index (κ2) is 7.04. The van der Waals surface area contributed by atoms with E-state index in [1.165, 1.54) is 24.2 Å². The molecular weight excluding hydrogens is 286 g/mol. The van der Waals surface area contributed by atoms with Crippen molar-refractivity contribution in [3.05, 3.63) is 35.4 Å². The van der Waals surface area contributed by atoms with Crippen molar-refractivity contribution < 1.29 is 4.74 Å². The monoisotopic (exact) mass is 315 g/mol. The highest BCUT2D eigenvalue weighted by Crippen LogP contribution is 2.25. The fraction of sp³-hybridized carbons (Fsp3) is 0.579. The number of para-hydroxylation sites is 1. The smallest absolute Gasteiger partial charge is 0.127 e. The second-order valence-corrected chi connectivity index (χ2v) is 7.34. The maximum absolute atomic E-state index is 5.82. The summed E-state index contributed by atoms with van der Waals surface area (Å²) in [6.45, 7) is 11.9. The van der Waals surface area contributed by atoms with Crippen LogP contribution in [-0.2, 0) is 0 Å². The topological polar surface area (TPSA) is 27.7 Å². The zero-order valence-electron chi connectivity index (χ0n) is 14.6. The van der Waals surface area contributed by atoms with Crippen LogP contribution in [0.4, 0.5) is 0 Å². The predicted molar refractivity (Wildman–Crippen MR) is 95.9 cm³/mol. The van der Waals surface area contributed by atoms with Crippen molar-refractivity contribution in [3.63, 3.8) is 0 Å². The van der Waals surface area contributed by atoms with E-state index in [-0.39, 0.29) is 5.54 Å². The van der Waals surface area contributed by atoms with E-state index in [1.807, 2.05) is 12.1 Å². The van der Waals surface area contributed by atoms with Crippen LogP contribution in [0.15, 0.2) is 29.8 Å². The van der Waals surface area contributed by atoms with Crippen molar-refractivity contribution >= 4 is 6.08 Å². The third kappa shape index (κ3) is 4.14. The van der Waals surface area contributed by atoms with E-state index in [0.717, 1.165) is 31.9 Å². The maximum Gasteiger partial charge on any atom is 0.127 e. The standard InChI is InChI=1S/C19H29N3O/c1-19(2,22-10-8-21(3)9-11-22)15-20-13-16-12-17-6-4-5-7-18(17)23-14-16/h4-7,12,20H,8-11,13-15H2,1-3H3. The molecule has 0 unspecified atom stereocenters. The Morgan fingerprint density at radius 2 is 1.87 bits per heavy atom. The summed E-state index contributed by atoms with van der Waals surface area (Å²) in [6, 6.07) is 8.23. The van der Waals surface area contributed by atoms with Crippen LogP contribution in [0.25, 0.3) is 6.08 Å². The Balaban J connectivity index is 1.50. The van der Waals surface area contributed by atoms with Gasteiger partial charge in [0.25, 0.3) is 0 Å². The molecule has 23 heavy (non-hydrogen) atoms. The van der Waals surface area contributed by atoms with Crippen molar-refractivity contribution in [2.24, 2.45) is 0 Å². The van der Waals surface area contributed by atoms with Crippen LogP contribution < -0.4 is 10.1 Å². The fourth-order valence-electron chi connectivity index (χ4n) is 3.32. The van der Waals surface area contributed by atoms with E-state index < -0.39 is 0 Å². The molecule has 1 fully saturated rings. The minimum atomic E-state index is 0.190. The summed E-state index contributed by atoms with van der Waals surface area (Å²) in [5.74, 6) is 0.994. The lowest BCUT2D eigenvalue weighted by Crippen LogP contribution is -2.57. The number of ether oxygens (including phenoxy) is 1. The molecule has 126 valence electrons.